The van der Waals surface area contributed by atoms with Gasteiger partial charge in [0.25, 0.3) is 5.91 Å². The van der Waals surface area contributed by atoms with Crippen LogP contribution in [0.15, 0.2) is 54.6 Å². The summed E-state index contributed by atoms with van der Waals surface area (Å²) in [5.74, 6) is -0.329. The quantitative estimate of drug-likeness (QED) is 0.523. The Morgan fingerprint density at radius 3 is 2.47 bits per heavy atom. The molecule has 0 aliphatic rings. The van der Waals surface area contributed by atoms with E-state index in [1.807, 2.05) is 30.3 Å². The van der Waals surface area contributed by atoms with E-state index in [0.29, 0.717) is 12.2 Å². The standard InChI is InChI=1S/C22H21ClF3N3O3/c1-14-19(20(23)29(28-14)12-15-5-3-2-4-6-15)21(31)27-11-17(30)13-32-18-9-7-16(8-10-18)22(24,25)26/h2-10,17,30H,11-13H2,1H3,(H,27,31)/t17-/m0/s1. The number of aryl methyl sites for hydroxylation is 1. The number of benzene rings is 2. The summed E-state index contributed by atoms with van der Waals surface area (Å²) >= 11 is 6.35. The fourth-order valence-electron chi connectivity index (χ4n) is 2.96. The third-order valence-corrected chi connectivity index (χ3v) is 4.97. The highest BCUT2D eigenvalue weighted by molar-refractivity contribution is 6.33. The van der Waals surface area contributed by atoms with Crippen LogP contribution < -0.4 is 10.1 Å². The van der Waals surface area contributed by atoms with Gasteiger partial charge in [-0.2, -0.15) is 18.3 Å². The molecule has 0 aliphatic heterocycles. The molecule has 0 radical (unpaired) electrons. The maximum absolute atomic E-state index is 12.6. The van der Waals surface area contributed by atoms with Crippen LogP contribution in [0.4, 0.5) is 13.2 Å². The summed E-state index contributed by atoms with van der Waals surface area (Å²) in [6.07, 6.45) is -5.52. The Balaban J connectivity index is 1.53. The summed E-state index contributed by atoms with van der Waals surface area (Å²) in [5.41, 5.74) is 0.829. The lowest BCUT2D eigenvalue weighted by atomic mass is 10.2. The number of hydrogen-bond donors (Lipinski definition) is 2. The highest BCUT2D eigenvalue weighted by atomic mass is 35.5. The van der Waals surface area contributed by atoms with E-state index in [1.54, 1.807) is 6.92 Å². The molecule has 2 N–H and O–H groups in total. The maximum atomic E-state index is 12.6. The van der Waals surface area contributed by atoms with Gasteiger partial charge in [-0.1, -0.05) is 41.9 Å². The molecule has 1 aromatic heterocycles. The van der Waals surface area contributed by atoms with Gasteiger partial charge in [-0.15, -0.1) is 0 Å². The molecule has 0 unspecified atom stereocenters. The number of amides is 1. The average molecular weight is 468 g/mol. The zero-order valence-corrected chi connectivity index (χ0v) is 17.8. The van der Waals surface area contributed by atoms with Crippen LogP contribution in [0.5, 0.6) is 5.75 Å². The second-order valence-corrected chi connectivity index (χ2v) is 7.45. The number of halogens is 4. The Hall–Kier alpha value is -3.04. The average Bonchev–Trinajstić information content (AvgIpc) is 3.03. The number of carbonyl (C=O) groups is 1. The fraction of sp³-hybridized carbons (Fsp3) is 0.273. The topological polar surface area (TPSA) is 76.4 Å². The molecule has 0 aliphatic carbocycles. The van der Waals surface area contributed by atoms with E-state index < -0.39 is 23.8 Å². The van der Waals surface area contributed by atoms with E-state index in [9.17, 15) is 23.1 Å². The monoisotopic (exact) mass is 467 g/mol. The van der Waals surface area contributed by atoms with Crippen molar-refractivity contribution < 1.29 is 27.8 Å². The van der Waals surface area contributed by atoms with Crippen LogP contribution in [0.3, 0.4) is 0 Å². The number of hydrogen-bond acceptors (Lipinski definition) is 4. The molecule has 3 rings (SSSR count). The van der Waals surface area contributed by atoms with Gasteiger partial charge in [0.2, 0.25) is 0 Å². The number of ether oxygens (including phenoxy) is 1. The first-order chi connectivity index (χ1) is 15.1. The first kappa shape index (κ1) is 23.6. The number of carbonyl (C=O) groups excluding carboxylic acids is 1. The highest BCUT2D eigenvalue weighted by Gasteiger charge is 2.30. The van der Waals surface area contributed by atoms with E-state index in [2.05, 4.69) is 10.4 Å². The van der Waals surface area contributed by atoms with Crippen molar-refractivity contribution in [2.45, 2.75) is 25.7 Å². The molecule has 6 nitrogen and oxygen atoms in total. The first-order valence-electron chi connectivity index (χ1n) is 9.68. The molecule has 2 aromatic carbocycles. The molecule has 1 heterocycles. The van der Waals surface area contributed by atoms with Crippen molar-refractivity contribution in [2.24, 2.45) is 0 Å². The molecule has 170 valence electrons. The first-order valence-corrected chi connectivity index (χ1v) is 10.1. The second kappa shape index (κ2) is 10.1. The van der Waals surface area contributed by atoms with E-state index >= 15 is 0 Å². The van der Waals surface area contributed by atoms with Crippen LogP contribution in [0.1, 0.15) is 27.2 Å². The van der Waals surface area contributed by atoms with Gasteiger partial charge < -0.3 is 15.2 Å². The van der Waals surface area contributed by atoms with E-state index in [1.165, 1.54) is 16.8 Å². The lowest BCUT2D eigenvalue weighted by Gasteiger charge is -2.14. The van der Waals surface area contributed by atoms with Crippen molar-refractivity contribution in [3.8, 4) is 5.75 Å². The van der Waals surface area contributed by atoms with Crippen LogP contribution in [-0.2, 0) is 12.7 Å². The van der Waals surface area contributed by atoms with Gasteiger partial charge in [-0.3, -0.25) is 4.79 Å². The smallest absolute Gasteiger partial charge is 0.416 e. The predicted molar refractivity (Wildman–Crippen MR) is 113 cm³/mol. The number of aliphatic hydroxyl groups is 1. The van der Waals surface area contributed by atoms with Crippen molar-refractivity contribution in [2.75, 3.05) is 13.2 Å². The molecule has 32 heavy (non-hydrogen) atoms. The fourth-order valence-corrected chi connectivity index (χ4v) is 3.28. The minimum Gasteiger partial charge on any atom is -0.491 e. The molecular weight excluding hydrogens is 447 g/mol. The van der Waals surface area contributed by atoms with Gasteiger partial charge in [0, 0.05) is 6.54 Å². The minimum absolute atomic E-state index is 0.140. The predicted octanol–water partition coefficient (Wildman–Crippen LogP) is 4.08. The molecule has 0 fully saturated rings. The molecule has 1 atom stereocenters. The van der Waals surface area contributed by atoms with Crippen molar-refractivity contribution in [1.29, 1.82) is 0 Å². The van der Waals surface area contributed by atoms with Crippen molar-refractivity contribution in [3.05, 3.63) is 82.1 Å². The lowest BCUT2D eigenvalue weighted by Crippen LogP contribution is -2.35. The summed E-state index contributed by atoms with van der Waals surface area (Å²) in [5, 5.41) is 17.1. The summed E-state index contributed by atoms with van der Waals surface area (Å²) < 4.78 is 44.5. The third-order valence-electron chi connectivity index (χ3n) is 4.59. The van der Waals surface area contributed by atoms with Crippen LogP contribution in [0.25, 0.3) is 0 Å². The Kier molecular flexibility index (Phi) is 7.42. The maximum Gasteiger partial charge on any atom is 0.416 e. The van der Waals surface area contributed by atoms with Crippen LogP contribution in [-0.4, -0.2) is 40.0 Å². The van der Waals surface area contributed by atoms with Crippen LogP contribution in [0, 0.1) is 6.92 Å². The Morgan fingerprint density at radius 2 is 1.84 bits per heavy atom. The molecule has 0 saturated heterocycles. The molecule has 0 spiro atoms. The van der Waals surface area contributed by atoms with Gasteiger partial charge in [0.1, 0.15) is 23.6 Å². The molecule has 3 aromatic rings. The lowest BCUT2D eigenvalue weighted by molar-refractivity contribution is -0.137. The summed E-state index contributed by atoms with van der Waals surface area (Å²) in [7, 11) is 0. The highest BCUT2D eigenvalue weighted by Crippen LogP contribution is 2.30. The van der Waals surface area contributed by atoms with Crippen molar-refractivity contribution in [3.63, 3.8) is 0 Å². The van der Waals surface area contributed by atoms with Gasteiger partial charge >= 0.3 is 6.18 Å². The summed E-state index contributed by atoms with van der Waals surface area (Å²) in [4.78, 5) is 12.6. The minimum atomic E-state index is -4.43. The van der Waals surface area contributed by atoms with Crippen LogP contribution >= 0.6 is 11.6 Å². The number of nitrogens with one attached hydrogen (secondary N) is 1. The number of rotatable bonds is 8. The van der Waals surface area contributed by atoms with Crippen molar-refractivity contribution >= 4 is 17.5 Å². The third kappa shape index (κ3) is 6.02. The SMILES string of the molecule is Cc1nn(Cc2ccccc2)c(Cl)c1C(=O)NC[C@H](O)COc1ccc(C(F)(F)F)cc1. The molecule has 10 heteroatoms. The van der Waals surface area contributed by atoms with Gasteiger partial charge in [-0.05, 0) is 36.8 Å². The zero-order chi connectivity index (χ0) is 23.3. The Bertz CT molecular complexity index is 1050. The summed E-state index contributed by atoms with van der Waals surface area (Å²) in [6.45, 7) is 1.70. The Labute approximate surface area is 187 Å². The second-order valence-electron chi connectivity index (χ2n) is 7.09. The number of nitrogens with zero attached hydrogens (tertiary/aromatic N) is 2. The molecule has 0 saturated carbocycles. The zero-order valence-electron chi connectivity index (χ0n) is 17.1. The van der Waals surface area contributed by atoms with Crippen LogP contribution in [0.2, 0.25) is 5.15 Å². The van der Waals surface area contributed by atoms with E-state index in [-0.39, 0.29) is 29.6 Å². The molecule has 1 amide bonds. The number of aliphatic hydroxyl groups excluding tert-OH is 1. The normalized spacial score (nSPS) is 12.4. The van der Waals surface area contributed by atoms with Gasteiger partial charge in [0.15, 0.2) is 0 Å². The van der Waals surface area contributed by atoms with E-state index in [0.717, 1.165) is 17.7 Å². The van der Waals surface area contributed by atoms with Gasteiger partial charge in [0.05, 0.1) is 23.4 Å². The molecular formula is C22H21ClF3N3O3. The number of aromatic nitrogens is 2. The van der Waals surface area contributed by atoms with Gasteiger partial charge in [-0.25, -0.2) is 4.68 Å². The number of alkyl halides is 3. The molecule has 0 bridgehead atoms. The summed E-state index contributed by atoms with van der Waals surface area (Å²) in [6, 6.07) is 13.6. The van der Waals surface area contributed by atoms with E-state index in [4.69, 9.17) is 16.3 Å². The van der Waals surface area contributed by atoms with Crippen molar-refractivity contribution in [1.82, 2.24) is 15.1 Å². The Morgan fingerprint density at radius 1 is 1.19 bits per heavy atom. The largest absolute Gasteiger partial charge is 0.491 e.